The molecular formula is C25H31F3N4O2. The van der Waals surface area contributed by atoms with Crippen molar-refractivity contribution < 1.29 is 22.8 Å². The van der Waals surface area contributed by atoms with E-state index in [0.29, 0.717) is 19.6 Å². The molecule has 6 nitrogen and oxygen atoms in total. The predicted molar refractivity (Wildman–Crippen MR) is 125 cm³/mol. The summed E-state index contributed by atoms with van der Waals surface area (Å²) in [6.07, 6.45) is -3.48. The zero-order valence-electron chi connectivity index (χ0n) is 19.5. The quantitative estimate of drug-likeness (QED) is 0.641. The highest BCUT2D eigenvalue weighted by molar-refractivity contribution is 5.95. The molecule has 0 unspecified atom stereocenters. The molecule has 34 heavy (non-hydrogen) atoms. The SMILES string of the molecule is Cc1cccc(NC(=O)CNC(=O)CN2CCCN(Cc3ccc(C(F)(F)F)cc3)CC2)c1C. The number of hydrogen-bond acceptors (Lipinski definition) is 4. The van der Waals surface area contributed by atoms with Gasteiger partial charge in [-0.3, -0.25) is 19.4 Å². The Labute approximate surface area is 198 Å². The molecule has 184 valence electrons. The summed E-state index contributed by atoms with van der Waals surface area (Å²) in [5.74, 6) is -0.493. The second-order valence-electron chi connectivity index (χ2n) is 8.67. The van der Waals surface area contributed by atoms with E-state index in [1.807, 2.05) is 36.9 Å². The Morgan fingerprint density at radius 2 is 1.59 bits per heavy atom. The van der Waals surface area contributed by atoms with E-state index < -0.39 is 11.7 Å². The van der Waals surface area contributed by atoms with Crippen LogP contribution in [0, 0.1) is 13.8 Å². The summed E-state index contributed by atoms with van der Waals surface area (Å²) in [4.78, 5) is 28.8. The minimum atomic E-state index is -4.33. The molecule has 1 aliphatic rings. The lowest BCUT2D eigenvalue weighted by Crippen LogP contribution is -2.41. The van der Waals surface area contributed by atoms with Gasteiger partial charge in [-0.2, -0.15) is 13.2 Å². The van der Waals surface area contributed by atoms with Crippen molar-refractivity contribution in [1.29, 1.82) is 0 Å². The van der Waals surface area contributed by atoms with Crippen LogP contribution in [-0.2, 0) is 22.3 Å². The van der Waals surface area contributed by atoms with Crippen LogP contribution in [-0.4, -0.2) is 60.9 Å². The summed E-state index contributed by atoms with van der Waals surface area (Å²) < 4.78 is 38.2. The van der Waals surface area contributed by atoms with Gasteiger partial charge in [0.25, 0.3) is 0 Å². The zero-order valence-corrected chi connectivity index (χ0v) is 19.5. The number of benzene rings is 2. The highest BCUT2D eigenvalue weighted by Gasteiger charge is 2.30. The van der Waals surface area contributed by atoms with Crippen molar-refractivity contribution in [3.8, 4) is 0 Å². The third kappa shape index (κ3) is 7.56. The predicted octanol–water partition coefficient (Wildman–Crippen LogP) is 3.58. The van der Waals surface area contributed by atoms with Crippen molar-refractivity contribution in [1.82, 2.24) is 15.1 Å². The Morgan fingerprint density at radius 3 is 2.29 bits per heavy atom. The van der Waals surface area contributed by atoms with Crippen LogP contribution in [0.1, 0.15) is 28.7 Å². The summed E-state index contributed by atoms with van der Waals surface area (Å²) in [5.41, 5.74) is 2.99. The molecule has 2 aromatic carbocycles. The molecule has 0 bridgehead atoms. The molecule has 0 aromatic heterocycles. The topological polar surface area (TPSA) is 64.7 Å². The van der Waals surface area contributed by atoms with E-state index in [0.717, 1.165) is 54.0 Å². The van der Waals surface area contributed by atoms with E-state index in [-0.39, 0.29) is 24.9 Å². The van der Waals surface area contributed by atoms with Crippen LogP contribution in [0.2, 0.25) is 0 Å². The van der Waals surface area contributed by atoms with E-state index in [1.165, 1.54) is 12.1 Å². The van der Waals surface area contributed by atoms with E-state index in [2.05, 4.69) is 15.5 Å². The fourth-order valence-corrected chi connectivity index (χ4v) is 3.92. The summed E-state index contributed by atoms with van der Waals surface area (Å²) in [5, 5.41) is 5.50. The third-order valence-electron chi connectivity index (χ3n) is 6.06. The number of carbonyl (C=O) groups excluding carboxylic acids is 2. The molecule has 3 rings (SSSR count). The van der Waals surface area contributed by atoms with Gasteiger partial charge in [0.2, 0.25) is 11.8 Å². The Morgan fingerprint density at radius 1 is 0.912 bits per heavy atom. The minimum Gasteiger partial charge on any atom is -0.346 e. The molecule has 9 heteroatoms. The maximum atomic E-state index is 12.7. The number of nitrogens with one attached hydrogen (secondary N) is 2. The highest BCUT2D eigenvalue weighted by atomic mass is 19.4. The standard InChI is InChI=1S/C25H31F3N4O2/c1-18-5-3-6-22(19(18)2)30-23(33)15-29-24(34)17-32-12-4-11-31(13-14-32)16-20-7-9-21(10-8-20)25(26,27)28/h3,5-10H,4,11-17H2,1-2H3,(H,29,34)(H,30,33). The van der Waals surface area contributed by atoms with Gasteiger partial charge in [-0.05, 0) is 68.2 Å². The first kappa shape index (κ1) is 25.7. The molecule has 1 aliphatic heterocycles. The molecule has 2 aromatic rings. The van der Waals surface area contributed by atoms with Gasteiger partial charge in [0.1, 0.15) is 0 Å². The number of hydrogen-bond donors (Lipinski definition) is 2. The van der Waals surface area contributed by atoms with Crippen LogP contribution < -0.4 is 10.6 Å². The Bertz CT molecular complexity index is 993. The molecule has 1 heterocycles. The monoisotopic (exact) mass is 476 g/mol. The smallest absolute Gasteiger partial charge is 0.346 e. The molecule has 0 radical (unpaired) electrons. The summed E-state index contributed by atoms with van der Waals surface area (Å²) >= 11 is 0. The second kappa shape index (κ2) is 11.5. The molecule has 1 fully saturated rings. The van der Waals surface area contributed by atoms with Gasteiger partial charge in [0.05, 0.1) is 18.7 Å². The lowest BCUT2D eigenvalue weighted by Gasteiger charge is -2.21. The molecule has 0 spiro atoms. The highest BCUT2D eigenvalue weighted by Crippen LogP contribution is 2.29. The lowest BCUT2D eigenvalue weighted by atomic mass is 10.1. The van der Waals surface area contributed by atoms with Gasteiger partial charge in [0.15, 0.2) is 0 Å². The summed E-state index contributed by atoms with van der Waals surface area (Å²) in [7, 11) is 0. The van der Waals surface area contributed by atoms with Crippen molar-refractivity contribution in [2.75, 3.05) is 44.6 Å². The number of alkyl halides is 3. The van der Waals surface area contributed by atoms with Gasteiger partial charge in [0, 0.05) is 25.3 Å². The Kier molecular flexibility index (Phi) is 8.68. The van der Waals surface area contributed by atoms with Gasteiger partial charge in [-0.1, -0.05) is 24.3 Å². The number of halogens is 3. The zero-order chi connectivity index (χ0) is 24.7. The molecule has 2 N–H and O–H groups in total. The van der Waals surface area contributed by atoms with Crippen molar-refractivity contribution in [3.05, 3.63) is 64.7 Å². The number of nitrogens with zero attached hydrogens (tertiary/aromatic N) is 2. The number of aryl methyl sites for hydroxylation is 1. The average Bonchev–Trinajstić information content (AvgIpc) is 3.00. The summed E-state index contributed by atoms with van der Waals surface area (Å²) in [6.45, 7) is 7.50. The molecule has 2 amide bonds. The van der Waals surface area contributed by atoms with E-state index in [1.54, 1.807) is 0 Å². The van der Waals surface area contributed by atoms with Crippen LogP contribution in [0.25, 0.3) is 0 Å². The maximum absolute atomic E-state index is 12.7. The van der Waals surface area contributed by atoms with E-state index >= 15 is 0 Å². The third-order valence-corrected chi connectivity index (χ3v) is 6.06. The number of amides is 2. The first-order valence-corrected chi connectivity index (χ1v) is 11.4. The molecule has 0 atom stereocenters. The number of anilines is 1. The maximum Gasteiger partial charge on any atom is 0.416 e. The van der Waals surface area contributed by atoms with Gasteiger partial charge >= 0.3 is 6.18 Å². The summed E-state index contributed by atoms with van der Waals surface area (Å²) in [6, 6.07) is 10.9. The van der Waals surface area contributed by atoms with Gasteiger partial charge < -0.3 is 10.6 Å². The second-order valence-corrected chi connectivity index (χ2v) is 8.67. The molecule has 0 aliphatic carbocycles. The lowest BCUT2D eigenvalue weighted by molar-refractivity contribution is -0.137. The molecule has 1 saturated heterocycles. The van der Waals surface area contributed by atoms with Gasteiger partial charge in [-0.25, -0.2) is 0 Å². The fraction of sp³-hybridized carbons (Fsp3) is 0.440. The van der Waals surface area contributed by atoms with Crippen molar-refractivity contribution in [2.45, 2.75) is 33.0 Å². The first-order chi connectivity index (χ1) is 16.1. The fourth-order valence-electron chi connectivity index (χ4n) is 3.92. The van der Waals surface area contributed by atoms with Crippen LogP contribution in [0.3, 0.4) is 0 Å². The van der Waals surface area contributed by atoms with Crippen LogP contribution in [0.4, 0.5) is 18.9 Å². The number of rotatable bonds is 7. The Hall–Kier alpha value is -2.91. The van der Waals surface area contributed by atoms with Crippen molar-refractivity contribution in [3.63, 3.8) is 0 Å². The van der Waals surface area contributed by atoms with Crippen LogP contribution in [0.5, 0.6) is 0 Å². The van der Waals surface area contributed by atoms with Crippen molar-refractivity contribution in [2.24, 2.45) is 0 Å². The van der Waals surface area contributed by atoms with Crippen molar-refractivity contribution >= 4 is 17.5 Å². The van der Waals surface area contributed by atoms with E-state index in [9.17, 15) is 22.8 Å². The van der Waals surface area contributed by atoms with Gasteiger partial charge in [-0.15, -0.1) is 0 Å². The number of carbonyl (C=O) groups is 2. The Balaban J connectivity index is 1.40. The van der Waals surface area contributed by atoms with Crippen LogP contribution in [0.15, 0.2) is 42.5 Å². The average molecular weight is 477 g/mol. The molecule has 0 saturated carbocycles. The first-order valence-electron chi connectivity index (χ1n) is 11.4. The minimum absolute atomic E-state index is 0.0971. The molecular weight excluding hydrogens is 445 g/mol. The normalized spacial score (nSPS) is 15.6. The van der Waals surface area contributed by atoms with E-state index in [4.69, 9.17) is 0 Å². The largest absolute Gasteiger partial charge is 0.416 e. The van der Waals surface area contributed by atoms with Crippen LogP contribution >= 0.6 is 0 Å².